The highest BCUT2D eigenvalue weighted by atomic mass is 19.4. The number of alkyl halides is 3. The van der Waals surface area contributed by atoms with Gasteiger partial charge in [-0.3, -0.25) is 4.79 Å². The number of halogens is 3. The highest BCUT2D eigenvalue weighted by molar-refractivity contribution is 5.67. The van der Waals surface area contributed by atoms with E-state index in [9.17, 15) is 18.0 Å². The number of carbonyl (C=O) groups is 1. The van der Waals surface area contributed by atoms with E-state index in [0.717, 1.165) is 0 Å². The molecule has 1 N–H and O–H groups in total. The van der Waals surface area contributed by atoms with Gasteiger partial charge in [0.25, 0.3) is 5.82 Å². The van der Waals surface area contributed by atoms with Crippen LogP contribution in [0.4, 0.5) is 13.2 Å². The summed E-state index contributed by atoms with van der Waals surface area (Å²) in [6.07, 6.45) is -4.88. The molecule has 0 saturated heterocycles. The van der Waals surface area contributed by atoms with Crippen molar-refractivity contribution in [1.82, 2.24) is 10.1 Å². The summed E-state index contributed by atoms with van der Waals surface area (Å²) >= 11 is 0. The number of nitrogens with zero attached hydrogens (tertiary/aromatic N) is 2. The summed E-state index contributed by atoms with van der Waals surface area (Å²) in [6.45, 7) is 3.19. The fourth-order valence-corrected chi connectivity index (χ4v) is 1.32. The van der Waals surface area contributed by atoms with Gasteiger partial charge in [-0.1, -0.05) is 19.0 Å². The van der Waals surface area contributed by atoms with Gasteiger partial charge in [0.15, 0.2) is 0 Å². The molecular weight excluding hydrogens is 241 g/mol. The van der Waals surface area contributed by atoms with Gasteiger partial charge in [-0.15, -0.1) is 0 Å². The predicted molar refractivity (Wildman–Crippen MR) is 49.0 cm³/mol. The molecule has 1 aromatic heterocycles. The maximum Gasteiger partial charge on any atom is 0.455 e. The molecule has 0 aromatic carbocycles. The van der Waals surface area contributed by atoms with Gasteiger partial charge < -0.3 is 9.63 Å². The van der Waals surface area contributed by atoms with Crippen LogP contribution in [0.2, 0.25) is 0 Å². The van der Waals surface area contributed by atoms with E-state index in [1.165, 1.54) is 0 Å². The number of aromatic nitrogens is 2. The third-order valence-electron chi connectivity index (χ3n) is 1.98. The summed E-state index contributed by atoms with van der Waals surface area (Å²) in [7, 11) is 0. The lowest BCUT2D eigenvalue weighted by molar-refractivity contribution is -0.146. The van der Waals surface area contributed by atoms with Crippen molar-refractivity contribution in [3.05, 3.63) is 11.7 Å². The molecular formula is C9H11F3N2O3. The van der Waals surface area contributed by atoms with E-state index in [1.54, 1.807) is 13.8 Å². The Kier molecular flexibility index (Phi) is 3.44. The van der Waals surface area contributed by atoms with Crippen molar-refractivity contribution in [2.24, 2.45) is 5.41 Å². The van der Waals surface area contributed by atoms with Crippen molar-refractivity contribution in [3.8, 4) is 0 Å². The van der Waals surface area contributed by atoms with Gasteiger partial charge in [-0.2, -0.15) is 18.2 Å². The van der Waals surface area contributed by atoms with Crippen LogP contribution < -0.4 is 0 Å². The Labute approximate surface area is 94.6 Å². The summed E-state index contributed by atoms with van der Waals surface area (Å²) in [5.41, 5.74) is -0.749. The minimum atomic E-state index is -4.65. The number of hydrogen-bond acceptors (Lipinski definition) is 4. The average molecular weight is 252 g/mol. The average Bonchev–Trinajstić information content (AvgIpc) is 2.47. The Morgan fingerprint density at radius 2 is 2.00 bits per heavy atom. The molecule has 0 bridgehead atoms. The molecule has 17 heavy (non-hydrogen) atoms. The van der Waals surface area contributed by atoms with Crippen molar-refractivity contribution in [2.45, 2.75) is 32.9 Å². The van der Waals surface area contributed by atoms with Crippen LogP contribution in [-0.2, 0) is 17.4 Å². The minimum absolute atomic E-state index is 0.0254. The molecule has 0 aliphatic heterocycles. The first-order valence-electron chi connectivity index (χ1n) is 4.72. The van der Waals surface area contributed by atoms with Crippen molar-refractivity contribution >= 4 is 5.97 Å². The fraction of sp³-hybridized carbons (Fsp3) is 0.667. The van der Waals surface area contributed by atoms with Gasteiger partial charge in [0.05, 0.1) is 6.42 Å². The minimum Gasteiger partial charge on any atom is -0.481 e. The molecule has 0 spiro atoms. The van der Waals surface area contributed by atoms with E-state index < -0.39 is 23.4 Å². The van der Waals surface area contributed by atoms with Crippen LogP contribution >= 0.6 is 0 Å². The fourth-order valence-electron chi connectivity index (χ4n) is 1.32. The number of aliphatic carboxylic acids is 1. The van der Waals surface area contributed by atoms with Gasteiger partial charge in [-0.25, -0.2) is 0 Å². The molecule has 0 atom stereocenters. The Hall–Kier alpha value is -1.60. The smallest absolute Gasteiger partial charge is 0.455 e. The first kappa shape index (κ1) is 13.5. The highest BCUT2D eigenvalue weighted by Gasteiger charge is 2.38. The quantitative estimate of drug-likeness (QED) is 0.888. The Morgan fingerprint density at radius 1 is 1.41 bits per heavy atom. The van der Waals surface area contributed by atoms with Gasteiger partial charge in [-0.05, 0) is 5.41 Å². The molecule has 5 nitrogen and oxygen atoms in total. The summed E-state index contributed by atoms with van der Waals surface area (Å²) < 4.78 is 40.9. The van der Waals surface area contributed by atoms with Gasteiger partial charge >= 0.3 is 12.1 Å². The highest BCUT2D eigenvalue weighted by Crippen LogP contribution is 2.29. The topological polar surface area (TPSA) is 76.2 Å². The molecule has 0 amide bonds. The van der Waals surface area contributed by atoms with E-state index in [4.69, 9.17) is 5.11 Å². The zero-order valence-corrected chi connectivity index (χ0v) is 9.21. The normalized spacial score (nSPS) is 12.8. The first-order chi connectivity index (χ1) is 7.60. The number of carboxylic acids is 1. The SMILES string of the molecule is CC(C)(CC(=O)O)Cc1nc(C(F)(F)F)no1. The van der Waals surface area contributed by atoms with Crippen molar-refractivity contribution in [3.63, 3.8) is 0 Å². The molecule has 0 radical (unpaired) electrons. The third-order valence-corrected chi connectivity index (χ3v) is 1.98. The molecule has 0 unspecified atom stereocenters. The number of rotatable bonds is 4. The molecule has 0 fully saturated rings. The van der Waals surface area contributed by atoms with Crippen molar-refractivity contribution in [2.75, 3.05) is 0 Å². The Balaban J connectivity index is 2.76. The van der Waals surface area contributed by atoms with E-state index >= 15 is 0 Å². The predicted octanol–water partition coefficient (Wildman–Crippen LogP) is 2.13. The second kappa shape index (κ2) is 4.34. The molecule has 96 valence electrons. The monoisotopic (exact) mass is 252 g/mol. The van der Waals surface area contributed by atoms with Crippen LogP contribution in [0.5, 0.6) is 0 Å². The molecule has 0 saturated carbocycles. The van der Waals surface area contributed by atoms with Crippen LogP contribution in [0, 0.1) is 5.41 Å². The zero-order chi connectivity index (χ0) is 13.3. The summed E-state index contributed by atoms with van der Waals surface area (Å²) in [4.78, 5) is 13.7. The maximum atomic E-state index is 12.2. The molecule has 1 aromatic rings. The largest absolute Gasteiger partial charge is 0.481 e. The molecule has 0 aliphatic rings. The van der Waals surface area contributed by atoms with Crippen LogP contribution in [0.3, 0.4) is 0 Å². The Bertz CT molecular complexity index is 412. The standard InChI is InChI=1S/C9H11F3N2O3/c1-8(2,4-6(15)16)3-5-13-7(14-17-5)9(10,11)12/h3-4H2,1-2H3,(H,15,16). The van der Waals surface area contributed by atoms with Gasteiger partial charge in [0.1, 0.15) is 0 Å². The number of carboxylic acid groups (broad SMARTS) is 1. The van der Waals surface area contributed by atoms with Gasteiger partial charge in [0.2, 0.25) is 5.89 Å². The van der Waals surface area contributed by atoms with E-state index in [0.29, 0.717) is 0 Å². The third kappa shape index (κ3) is 4.04. The first-order valence-corrected chi connectivity index (χ1v) is 4.72. The number of hydrogen-bond donors (Lipinski definition) is 1. The van der Waals surface area contributed by atoms with E-state index in [-0.39, 0.29) is 18.7 Å². The second-order valence-corrected chi connectivity index (χ2v) is 4.42. The second-order valence-electron chi connectivity index (χ2n) is 4.42. The molecule has 1 heterocycles. The molecule has 8 heteroatoms. The molecule has 0 aliphatic carbocycles. The lowest BCUT2D eigenvalue weighted by Crippen LogP contribution is -2.20. The summed E-state index contributed by atoms with van der Waals surface area (Å²) in [6, 6.07) is 0. The van der Waals surface area contributed by atoms with Crippen LogP contribution in [-0.4, -0.2) is 21.2 Å². The summed E-state index contributed by atoms with van der Waals surface area (Å²) in [5, 5.41) is 11.4. The zero-order valence-electron chi connectivity index (χ0n) is 9.21. The maximum absolute atomic E-state index is 12.2. The Morgan fingerprint density at radius 3 is 2.41 bits per heavy atom. The van der Waals surface area contributed by atoms with Crippen molar-refractivity contribution < 1.29 is 27.6 Å². The van der Waals surface area contributed by atoms with E-state index in [2.05, 4.69) is 14.7 Å². The van der Waals surface area contributed by atoms with Gasteiger partial charge in [0, 0.05) is 6.42 Å². The lowest BCUT2D eigenvalue weighted by atomic mass is 9.86. The lowest BCUT2D eigenvalue weighted by Gasteiger charge is -2.19. The van der Waals surface area contributed by atoms with Crippen LogP contribution in [0.15, 0.2) is 4.52 Å². The van der Waals surface area contributed by atoms with Crippen LogP contribution in [0.1, 0.15) is 32.0 Å². The van der Waals surface area contributed by atoms with Crippen LogP contribution in [0.25, 0.3) is 0 Å². The summed E-state index contributed by atoms with van der Waals surface area (Å²) in [5.74, 6) is -2.60. The van der Waals surface area contributed by atoms with Crippen molar-refractivity contribution in [1.29, 1.82) is 0 Å². The molecule has 1 rings (SSSR count). The van der Waals surface area contributed by atoms with E-state index in [1.807, 2.05) is 0 Å².